The second-order valence-electron chi connectivity index (χ2n) is 5.14. The molecule has 124 valence electrons. The van der Waals surface area contributed by atoms with E-state index in [0.717, 1.165) is 22.2 Å². The predicted molar refractivity (Wildman–Crippen MR) is 86.8 cm³/mol. The van der Waals surface area contributed by atoms with Gasteiger partial charge in [0.05, 0.1) is 22.5 Å². The molecule has 3 aromatic rings. The van der Waals surface area contributed by atoms with Crippen molar-refractivity contribution in [3.05, 3.63) is 59.8 Å². The van der Waals surface area contributed by atoms with Crippen LogP contribution in [0, 0.1) is 0 Å². The molecule has 0 aliphatic carbocycles. The second-order valence-corrected chi connectivity index (χ2v) is 5.94. The highest BCUT2D eigenvalue weighted by molar-refractivity contribution is 7.14. The van der Waals surface area contributed by atoms with Crippen LogP contribution in [0.2, 0.25) is 0 Å². The van der Waals surface area contributed by atoms with Crippen molar-refractivity contribution in [2.75, 3.05) is 4.90 Å². The zero-order valence-electron chi connectivity index (χ0n) is 12.2. The molecule has 0 unspecified atom stereocenters. The lowest BCUT2D eigenvalue weighted by molar-refractivity contribution is -0.137. The maximum Gasteiger partial charge on any atom is 0.416 e. The topological polar surface area (TPSA) is 59.2 Å². The number of primary amides is 1. The molecule has 0 fully saturated rings. The normalized spacial score (nSPS) is 11.6. The van der Waals surface area contributed by atoms with Crippen molar-refractivity contribution in [3.63, 3.8) is 0 Å². The molecule has 3 rings (SSSR count). The molecular weight excluding hydrogens is 339 g/mol. The number of rotatable bonds is 3. The van der Waals surface area contributed by atoms with Crippen LogP contribution in [-0.2, 0) is 12.7 Å². The summed E-state index contributed by atoms with van der Waals surface area (Å²) in [5.41, 5.74) is 5.86. The lowest BCUT2D eigenvalue weighted by Crippen LogP contribution is -2.35. The van der Waals surface area contributed by atoms with Crippen LogP contribution in [0.15, 0.2) is 48.7 Å². The van der Waals surface area contributed by atoms with E-state index in [2.05, 4.69) is 4.37 Å². The summed E-state index contributed by atoms with van der Waals surface area (Å²) in [4.78, 5) is 13.2. The van der Waals surface area contributed by atoms with Gasteiger partial charge in [0, 0.05) is 11.6 Å². The van der Waals surface area contributed by atoms with Crippen LogP contribution in [0.5, 0.6) is 0 Å². The molecule has 0 saturated heterocycles. The summed E-state index contributed by atoms with van der Waals surface area (Å²) in [5, 5.41) is 0.871. The Balaban J connectivity index is 1.93. The molecular formula is C16H12F3N3OS. The highest BCUT2D eigenvalue weighted by Gasteiger charge is 2.30. The maximum absolute atomic E-state index is 12.6. The Morgan fingerprint density at radius 2 is 1.88 bits per heavy atom. The number of urea groups is 1. The van der Waals surface area contributed by atoms with Crippen LogP contribution in [0.25, 0.3) is 10.1 Å². The number of hydrogen-bond donors (Lipinski definition) is 1. The summed E-state index contributed by atoms with van der Waals surface area (Å²) in [7, 11) is 0. The molecule has 0 aliphatic rings. The maximum atomic E-state index is 12.6. The van der Waals surface area contributed by atoms with Crippen LogP contribution < -0.4 is 10.6 Å². The van der Waals surface area contributed by atoms with Gasteiger partial charge in [-0.15, -0.1) is 0 Å². The Morgan fingerprint density at radius 1 is 1.17 bits per heavy atom. The van der Waals surface area contributed by atoms with E-state index < -0.39 is 17.8 Å². The third-order valence-corrected chi connectivity index (χ3v) is 4.38. The van der Waals surface area contributed by atoms with E-state index in [1.54, 1.807) is 18.3 Å². The van der Waals surface area contributed by atoms with Crippen molar-refractivity contribution < 1.29 is 18.0 Å². The Bertz CT molecular complexity index is 874. The minimum atomic E-state index is -4.39. The number of halogens is 3. The minimum Gasteiger partial charge on any atom is -0.351 e. The average molecular weight is 351 g/mol. The van der Waals surface area contributed by atoms with E-state index in [1.165, 1.54) is 28.6 Å². The lowest BCUT2D eigenvalue weighted by atomic mass is 10.1. The van der Waals surface area contributed by atoms with Gasteiger partial charge in [-0.1, -0.05) is 24.3 Å². The minimum absolute atomic E-state index is 0.0739. The monoisotopic (exact) mass is 351 g/mol. The summed E-state index contributed by atoms with van der Waals surface area (Å²) in [6, 6.07) is 9.33. The molecule has 1 aromatic heterocycles. The van der Waals surface area contributed by atoms with Crippen molar-refractivity contribution >= 4 is 33.3 Å². The van der Waals surface area contributed by atoms with Crippen LogP contribution >= 0.6 is 11.5 Å². The van der Waals surface area contributed by atoms with Crippen molar-refractivity contribution in [1.82, 2.24) is 4.37 Å². The third-order valence-electron chi connectivity index (χ3n) is 3.54. The number of carbonyl (C=O) groups is 1. The van der Waals surface area contributed by atoms with Gasteiger partial charge >= 0.3 is 12.2 Å². The fourth-order valence-electron chi connectivity index (χ4n) is 2.36. The fraction of sp³-hybridized carbons (Fsp3) is 0.125. The second kappa shape index (κ2) is 6.12. The third kappa shape index (κ3) is 3.18. The van der Waals surface area contributed by atoms with E-state index in [9.17, 15) is 18.0 Å². The largest absolute Gasteiger partial charge is 0.416 e. The first-order valence-corrected chi connectivity index (χ1v) is 7.70. The molecule has 0 saturated carbocycles. The highest BCUT2D eigenvalue weighted by atomic mass is 32.1. The van der Waals surface area contributed by atoms with E-state index in [1.807, 2.05) is 6.07 Å². The number of nitrogens with two attached hydrogens (primary N) is 1. The quantitative estimate of drug-likeness (QED) is 0.760. The number of amides is 2. The van der Waals surface area contributed by atoms with Gasteiger partial charge in [-0.2, -0.15) is 17.5 Å². The number of aromatic nitrogens is 1. The van der Waals surface area contributed by atoms with Gasteiger partial charge in [0.25, 0.3) is 0 Å². The number of hydrogen-bond acceptors (Lipinski definition) is 3. The standard InChI is InChI=1S/C16H12F3N3OS/c17-16(18,19)12-6-4-10(5-7-12)9-22(15(20)23)13-3-1-2-11-8-21-24-14(11)13/h1-8H,9H2,(H2,20,23). The van der Waals surface area contributed by atoms with Crippen LogP contribution in [0.1, 0.15) is 11.1 Å². The summed E-state index contributed by atoms with van der Waals surface area (Å²) in [6.07, 6.45) is -2.71. The molecule has 1 heterocycles. The Kier molecular flexibility index (Phi) is 4.15. The van der Waals surface area contributed by atoms with Gasteiger partial charge in [-0.05, 0) is 35.3 Å². The Labute approximate surface area is 139 Å². The number of anilines is 1. The molecule has 0 aliphatic heterocycles. The van der Waals surface area contributed by atoms with Crippen LogP contribution in [-0.4, -0.2) is 10.4 Å². The number of carbonyl (C=O) groups excluding carboxylic acids is 1. The molecule has 2 amide bonds. The van der Waals surface area contributed by atoms with Gasteiger partial charge in [-0.25, -0.2) is 4.79 Å². The van der Waals surface area contributed by atoms with E-state index >= 15 is 0 Å². The van der Waals surface area contributed by atoms with Gasteiger partial charge in [0.1, 0.15) is 0 Å². The molecule has 4 nitrogen and oxygen atoms in total. The van der Waals surface area contributed by atoms with Crippen molar-refractivity contribution in [2.24, 2.45) is 5.73 Å². The molecule has 0 atom stereocenters. The number of benzene rings is 2. The zero-order valence-corrected chi connectivity index (χ0v) is 13.1. The predicted octanol–water partition coefficient (Wildman–Crippen LogP) is 4.40. The molecule has 0 bridgehead atoms. The first-order chi connectivity index (χ1) is 11.4. The highest BCUT2D eigenvalue weighted by Crippen LogP contribution is 2.32. The first-order valence-electron chi connectivity index (χ1n) is 6.93. The number of fused-ring (bicyclic) bond motifs is 1. The van der Waals surface area contributed by atoms with Gasteiger partial charge in [0.15, 0.2) is 0 Å². The average Bonchev–Trinajstić information content (AvgIpc) is 3.00. The summed E-state index contributed by atoms with van der Waals surface area (Å²) in [6.45, 7) is 0.0739. The molecule has 0 spiro atoms. The van der Waals surface area contributed by atoms with Crippen LogP contribution in [0.4, 0.5) is 23.7 Å². The number of nitrogens with zero attached hydrogens (tertiary/aromatic N) is 2. The van der Waals surface area contributed by atoms with Gasteiger partial charge in [-0.3, -0.25) is 4.90 Å². The van der Waals surface area contributed by atoms with Crippen LogP contribution in [0.3, 0.4) is 0 Å². The molecule has 8 heteroatoms. The van der Waals surface area contributed by atoms with E-state index in [0.29, 0.717) is 11.3 Å². The van der Waals surface area contributed by atoms with Crippen molar-refractivity contribution in [3.8, 4) is 0 Å². The molecule has 24 heavy (non-hydrogen) atoms. The summed E-state index contributed by atoms with van der Waals surface area (Å²) >= 11 is 1.23. The Hall–Kier alpha value is -2.61. The lowest BCUT2D eigenvalue weighted by Gasteiger charge is -2.21. The smallest absolute Gasteiger partial charge is 0.351 e. The van der Waals surface area contributed by atoms with E-state index in [4.69, 9.17) is 5.73 Å². The van der Waals surface area contributed by atoms with Gasteiger partial charge in [0.2, 0.25) is 0 Å². The SMILES string of the molecule is NC(=O)N(Cc1ccc(C(F)(F)F)cc1)c1cccc2cnsc12. The molecule has 2 N–H and O–H groups in total. The summed E-state index contributed by atoms with van der Waals surface area (Å²) < 4.78 is 42.8. The summed E-state index contributed by atoms with van der Waals surface area (Å²) in [5.74, 6) is 0. The fourth-order valence-corrected chi connectivity index (χ4v) is 3.12. The van der Waals surface area contributed by atoms with Gasteiger partial charge < -0.3 is 5.73 Å². The number of alkyl halides is 3. The molecule has 2 aromatic carbocycles. The zero-order chi connectivity index (χ0) is 17.3. The van der Waals surface area contributed by atoms with Crippen molar-refractivity contribution in [1.29, 1.82) is 0 Å². The molecule has 0 radical (unpaired) electrons. The first kappa shape index (κ1) is 16.3. The Morgan fingerprint density at radius 3 is 2.50 bits per heavy atom. The van der Waals surface area contributed by atoms with Crippen molar-refractivity contribution in [2.45, 2.75) is 12.7 Å². The van der Waals surface area contributed by atoms with E-state index in [-0.39, 0.29) is 6.54 Å².